The maximum atomic E-state index is 5.37. The number of nitrogens with zero attached hydrogens (tertiary/aromatic N) is 6. The molecule has 132 valence electrons. The van der Waals surface area contributed by atoms with Crippen molar-refractivity contribution in [1.82, 2.24) is 29.9 Å². The lowest BCUT2D eigenvalue weighted by molar-refractivity contribution is 0.425. The van der Waals surface area contributed by atoms with Crippen molar-refractivity contribution >= 4 is 23.1 Å². The zero-order chi connectivity index (χ0) is 17.9. The minimum absolute atomic E-state index is 0.502. The summed E-state index contributed by atoms with van der Waals surface area (Å²) in [4.78, 5) is 9.76. The van der Waals surface area contributed by atoms with E-state index in [-0.39, 0.29) is 0 Å². The van der Waals surface area contributed by atoms with Gasteiger partial charge in [-0.25, -0.2) is 0 Å². The Labute approximate surface area is 158 Å². The molecular weight excluding hydrogens is 368 g/mol. The lowest BCUT2D eigenvalue weighted by Gasteiger charge is -2.04. The second-order valence-electron chi connectivity index (χ2n) is 5.52. The van der Waals surface area contributed by atoms with Gasteiger partial charge in [0.15, 0.2) is 16.8 Å². The average Bonchev–Trinajstić information content (AvgIpc) is 3.39. The van der Waals surface area contributed by atoms with Crippen molar-refractivity contribution in [1.29, 1.82) is 0 Å². The topological polar surface area (TPSA) is 82.5 Å². The Morgan fingerprint density at radius 3 is 2.96 bits per heavy atom. The third-order valence-corrected chi connectivity index (χ3v) is 5.55. The van der Waals surface area contributed by atoms with Crippen LogP contribution < -0.4 is 0 Å². The third kappa shape index (κ3) is 3.40. The Morgan fingerprint density at radius 2 is 2.19 bits per heavy atom. The standard InChI is InChI=1S/C17H16N6OS2/c1-3-23-15(13-5-4-8-25-13)20-21-17(23)26-10-14-19-16(24-22-14)12-6-7-18-11(2)9-12/h4-9H,3,10H2,1-2H3. The van der Waals surface area contributed by atoms with E-state index in [1.165, 1.54) is 0 Å². The lowest BCUT2D eigenvalue weighted by Crippen LogP contribution is -1.99. The van der Waals surface area contributed by atoms with Crippen LogP contribution in [0.25, 0.3) is 22.2 Å². The quantitative estimate of drug-likeness (QED) is 0.463. The number of thiophene rings is 1. The summed E-state index contributed by atoms with van der Waals surface area (Å²) >= 11 is 3.21. The van der Waals surface area contributed by atoms with Gasteiger partial charge in [0, 0.05) is 24.0 Å². The molecule has 0 amide bonds. The van der Waals surface area contributed by atoms with Crippen LogP contribution in [0.5, 0.6) is 0 Å². The molecule has 0 spiro atoms. The summed E-state index contributed by atoms with van der Waals surface area (Å²) in [6.07, 6.45) is 1.74. The molecule has 0 aliphatic heterocycles. The van der Waals surface area contributed by atoms with Crippen LogP contribution in [0.1, 0.15) is 18.4 Å². The molecule has 0 aromatic carbocycles. The summed E-state index contributed by atoms with van der Waals surface area (Å²) in [5, 5.41) is 15.6. The largest absolute Gasteiger partial charge is 0.334 e. The highest BCUT2D eigenvalue weighted by atomic mass is 32.2. The Balaban J connectivity index is 1.50. The summed E-state index contributed by atoms with van der Waals surface area (Å²) in [6.45, 7) is 4.82. The smallest absolute Gasteiger partial charge is 0.258 e. The molecule has 0 aliphatic rings. The van der Waals surface area contributed by atoms with Gasteiger partial charge in [-0.1, -0.05) is 23.0 Å². The molecular formula is C17H16N6OS2. The van der Waals surface area contributed by atoms with Crippen LogP contribution >= 0.6 is 23.1 Å². The number of pyridine rings is 1. The SMILES string of the molecule is CCn1c(SCc2noc(-c3ccnc(C)c3)n2)nnc1-c1cccs1. The zero-order valence-electron chi connectivity index (χ0n) is 14.3. The van der Waals surface area contributed by atoms with Gasteiger partial charge in [-0.05, 0) is 37.4 Å². The van der Waals surface area contributed by atoms with E-state index in [1.54, 1.807) is 29.3 Å². The molecule has 9 heteroatoms. The fraction of sp³-hybridized carbons (Fsp3) is 0.235. The molecule has 0 N–H and O–H groups in total. The second kappa shape index (κ2) is 7.38. The van der Waals surface area contributed by atoms with Crippen LogP contribution in [0.2, 0.25) is 0 Å². The van der Waals surface area contributed by atoms with Crippen LogP contribution in [0.3, 0.4) is 0 Å². The number of rotatable bonds is 6. The van der Waals surface area contributed by atoms with Crippen molar-refractivity contribution in [2.75, 3.05) is 0 Å². The lowest BCUT2D eigenvalue weighted by atomic mass is 10.2. The molecule has 4 rings (SSSR count). The molecule has 0 saturated carbocycles. The van der Waals surface area contributed by atoms with Crippen molar-refractivity contribution in [3.05, 3.63) is 47.4 Å². The van der Waals surface area contributed by atoms with E-state index in [1.807, 2.05) is 30.5 Å². The van der Waals surface area contributed by atoms with Crippen molar-refractivity contribution in [3.63, 3.8) is 0 Å². The van der Waals surface area contributed by atoms with E-state index in [9.17, 15) is 0 Å². The van der Waals surface area contributed by atoms with Gasteiger partial charge in [0.25, 0.3) is 5.89 Å². The molecule has 0 radical (unpaired) electrons. The molecule has 4 aromatic heterocycles. The first kappa shape index (κ1) is 16.9. The Hall–Kier alpha value is -2.52. The van der Waals surface area contributed by atoms with E-state index >= 15 is 0 Å². The second-order valence-corrected chi connectivity index (χ2v) is 7.41. The number of hydrogen-bond acceptors (Lipinski definition) is 8. The first-order valence-corrected chi connectivity index (χ1v) is 9.96. The van der Waals surface area contributed by atoms with Gasteiger partial charge in [0.1, 0.15) is 0 Å². The summed E-state index contributed by atoms with van der Waals surface area (Å²) < 4.78 is 7.47. The molecule has 0 bridgehead atoms. The Morgan fingerprint density at radius 1 is 1.27 bits per heavy atom. The first-order valence-electron chi connectivity index (χ1n) is 8.10. The summed E-state index contributed by atoms with van der Waals surface area (Å²) in [6, 6.07) is 7.85. The van der Waals surface area contributed by atoms with Gasteiger partial charge < -0.3 is 9.09 Å². The highest BCUT2D eigenvalue weighted by Gasteiger charge is 2.16. The monoisotopic (exact) mass is 384 g/mol. The van der Waals surface area contributed by atoms with Gasteiger partial charge >= 0.3 is 0 Å². The van der Waals surface area contributed by atoms with Crippen LogP contribution in [0, 0.1) is 6.92 Å². The zero-order valence-corrected chi connectivity index (χ0v) is 15.9. The van der Waals surface area contributed by atoms with E-state index < -0.39 is 0 Å². The van der Waals surface area contributed by atoms with Gasteiger partial charge in [0.05, 0.1) is 10.6 Å². The van der Waals surface area contributed by atoms with E-state index in [0.29, 0.717) is 17.5 Å². The molecule has 0 saturated heterocycles. The maximum absolute atomic E-state index is 5.37. The summed E-state index contributed by atoms with van der Waals surface area (Å²) in [5.74, 6) is 2.59. The molecule has 0 aliphatic carbocycles. The number of hydrogen-bond donors (Lipinski definition) is 0. The third-order valence-electron chi connectivity index (χ3n) is 3.72. The number of aryl methyl sites for hydroxylation is 1. The normalized spacial score (nSPS) is 11.2. The highest BCUT2D eigenvalue weighted by Crippen LogP contribution is 2.28. The Kier molecular flexibility index (Phi) is 4.81. The van der Waals surface area contributed by atoms with Crippen molar-refractivity contribution in [2.24, 2.45) is 0 Å². The van der Waals surface area contributed by atoms with E-state index in [4.69, 9.17) is 4.52 Å². The summed E-state index contributed by atoms with van der Waals surface area (Å²) in [7, 11) is 0. The van der Waals surface area contributed by atoms with Crippen LogP contribution in [0.15, 0.2) is 45.5 Å². The predicted molar refractivity (Wildman–Crippen MR) is 101 cm³/mol. The van der Waals surface area contributed by atoms with Gasteiger partial charge in [-0.2, -0.15) is 4.98 Å². The fourth-order valence-electron chi connectivity index (χ4n) is 2.51. The molecule has 26 heavy (non-hydrogen) atoms. The molecule has 0 atom stereocenters. The molecule has 7 nitrogen and oxygen atoms in total. The van der Waals surface area contributed by atoms with Crippen LogP contribution in [0.4, 0.5) is 0 Å². The number of aromatic nitrogens is 6. The van der Waals surface area contributed by atoms with E-state index in [2.05, 4.69) is 42.9 Å². The van der Waals surface area contributed by atoms with Gasteiger partial charge in [-0.3, -0.25) is 4.98 Å². The fourth-order valence-corrected chi connectivity index (χ4v) is 4.07. The Bertz CT molecular complexity index is 1010. The predicted octanol–water partition coefficient (Wildman–Crippen LogP) is 4.07. The van der Waals surface area contributed by atoms with Crippen LogP contribution in [-0.2, 0) is 12.3 Å². The number of thioether (sulfide) groups is 1. The highest BCUT2D eigenvalue weighted by molar-refractivity contribution is 7.98. The molecule has 4 heterocycles. The molecule has 0 unspecified atom stereocenters. The maximum Gasteiger partial charge on any atom is 0.258 e. The van der Waals surface area contributed by atoms with Crippen molar-refractivity contribution in [3.8, 4) is 22.2 Å². The van der Waals surface area contributed by atoms with Crippen molar-refractivity contribution < 1.29 is 4.52 Å². The van der Waals surface area contributed by atoms with Crippen LogP contribution in [-0.4, -0.2) is 29.9 Å². The first-order chi connectivity index (χ1) is 12.7. The molecule has 4 aromatic rings. The van der Waals surface area contributed by atoms with Gasteiger partial charge in [-0.15, -0.1) is 21.5 Å². The van der Waals surface area contributed by atoms with Crippen molar-refractivity contribution in [2.45, 2.75) is 31.3 Å². The minimum atomic E-state index is 0.502. The average molecular weight is 384 g/mol. The minimum Gasteiger partial charge on any atom is -0.334 e. The van der Waals surface area contributed by atoms with Gasteiger partial charge in [0.2, 0.25) is 0 Å². The summed E-state index contributed by atoms with van der Waals surface area (Å²) in [5.41, 5.74) is 1.78. The molecule has 0 fully saturated rings. The van der Waals surface area contributed by atoms with E-state index in [0.717, 1.165) is 33.7 Å².